The minimum Gasteiger partial charge on any atom is -0.369 e. The zero-order chi connectivity index (χ0) is 14.8. The molecule has 1 fully saturated rings. The first-order chi connectivity index (χ1) is 10.2. The summed E-state index contributed by atoms with van der Waals surface area (Å²) in [5.41, 5.74) is 3.67. The van der Waals surface area contributed by atoms with E-state index in [0.717, 1.165) is 30.2 Å². The lowest BCUT2D eigenvalue weighted by molar-refractivity contribution is 0.972. The molecule has 3 rings (SSSR count). The number of halogens is 1. The Labute approximate surface area is 139 Å². The normalized spacial score (nSPS) is 14.2. The van der Waals surface area contributed by atoms with Gasteiger partial charge in [-0.25, -0.2) is 9.97 Å². The molecule has 0 spiro atoms. The molecule has 0 radical (unpaired) electrons. The highest BCUT2D eigenvalue weighted by atomic mass is 127. The highest BCUT2D eigenvalue weighted by Gasteiger charge is 2.29. The Balaban J connectivity index is 2.03. The first-order valence-corrected chi connectivity index (χ1v) is 8.71. The number of aromatic nitrogens is 2. The quantitative estimate of drug-likeness (QED) is 0.754. The minimum atomic E-state index is 0.631. The maximum atomic E-state index is 4.84. The fourth-order valence-corrected chi connectivity index (χ4v) is 3.27. The summed E-state index contributed by atoms with van der Waals surface area (Å²) in [7, 11) is 0. The van der Waals surface area contributed by atoms with Gasteiger partial charge in [-0.05, 0) is 54.3 Å². The van der Waals surface area contributed by atoms with Crippen molar-refractivity contribution in [2.75, 3.05) is 11.9 Å². The summed E-state index contributed by atoms with van der Waals surface area (Å²) in [5, 5.41) is 3.37. The molecule has 1 aromatic carbocycles. The molecule has 1 N–H and O–H groups in total. The van der Waals surface area contributed by atoms with Crippen LogP contribution < -0.4 is 5.32 Å². The highest BCUT2D eigenvalue weighted by Crippen LogP contribution is 2.42. The summed E-state index contributed by atoms with van der Waals surface area (Å²) in [5.74, 6) is 2.45. The van der Waals surface area contributed by atoms with Gasteiger partial charge in [0, 0.05) is 18.0 Å². The number of rotatable bonds is 5. The molecule has 0 bridgehead atoms. The standard InChI is InChI=1S/C17H20IN3/c1-3-11-5-7-13(8-6-11)16-20-15(12-9-10-12)14(18)17(21-16)19-4-2/h5-8,12H,3-4,9-10H2,1-2H3,(H,19,20,21). The fraction of sp³-hybridized carbons (Fsp3) is 0.412. The number of nitrogens with zero attached hydrogens (tertiary/aromatic N) is 2. The molecular weight excluding hydrogens is 373 g/mol. The van der Waals surface area contributed by atoms with Crippen LogP contribution in [0.25, 0.3) is 11.4 Å². The van der Waals surface area contributed by atoms with E-state index in [4.69, 9.17) is 9.97 Å². The molecule has 110 valence electrons. The fourth-order valence-electron chi connectivity index (χ4n) is 2.39. The molecule has 0 saturated heterocycles. The summed E-state index contributed by atoms with van der Waals surface area (Å²) in [4.78, 5) is 9.57. The summed E-state index contributed by atoms with van der Waals surface area (Å²) in [6, 6.07) is 8.60. The van der Waals surface area contributed by atoms with Crippen LogP contribution in [0.2, 0.25) is 0 Å². The van der Waals surface area contributed by atoms with Gasteiger partial charge in [0.1, 0.15) is 5.82 Å². The lowest BCUT2D eigenvalue weighted by atomic mass is 10.1. The molecular formula is C17H20IN3. The van der Waals surface area contributed by atoms with Crippen molar-refractivity contribution in [3.8, 4) is 11.4 Å². The molecule has 2 aromatic rings. The van der Waals surface area contributed by atoms with Crippen LogP contribution in [0.15, 0.2) is 24.3 Å². The van der Waals surface area contributed by atoms with E-state index in [-0.39, 0.29) is 0 Å². The Bertz CT molecular complexity index is 633. The van der Waals surface area contributed by atoms with E-state index in [1.807, 2.05) is 0 Å². The van der Waals surface area contributed by atoms with Crippen LogP contribution in [-0.2, 0) is 6.42 Å². The molecule has 1 aromatic heterocycles. The number of hydrogen-bond acceptors (Lipinski definition) is 3. The van der Waals surface area contributed by atoms with Gasteiger partial charge in [0.2, 0.25) is 0 Å². The molecule has 4 heteroatoms. The number of aryl methyl sites for hydroxylation is 1. The molecule has 0 aliphatic heterocycles. The van der Waals surface area contributed by atoms with Gasteiger partial charge < -0.3 is 5.32 Å². The van der Waals surface area contributed by atoms with Crippen molar-refractivity contribution in [1.29, 1.82) is 0 Å². The lowest BCUT2D eigenvalue weighted by Crippen LogP contribution is -2.07. The van der Waals surface area contributed by atoms with Crippen molar-refractivity contribution in [3.63, 3.8) is 0 Å². The summed E-state index contributed by atoms with van der Waals surface area (Å²) < 4.78 is 1.19. The third-order valence-electron chi connectivity index (χ3n) is 3.81. The smallest absolute Gasteiger partial charge is 0.161 e. The van der Waals surface area contributed by atoms with Crippen molar-refractivity contribution >= 4 is 28.4 Å². The molecule has 0 unspecified atom stereocenters. The van der Waals surface area contributed by atoms with Gasteiger partial charge in [-0.3, -0.25) is 0 Å². The predicted molar refractivity (Wildman–Crippen MR) is 95.7 cm³/mol. The van der Waals surface area contributed by atoms with E-state index in [2.05, 4.69) is 66.0 Å². The molecule has 0 amide bonds. The molecule has 1 saturated carbocycles. The molecule has 1 heterocycles. The first kappa shape index (κ1) is 14.8. The van der Waals surface area contributed by atoms with Crippen molar-refractivity contribution in [1.82, 2.24) is 9.97 Å². The highest BCUT2D eigenvalue weighted by molar-refractivity contribution is 14.1. The maximum absolute atomic E-state index is 4.84. The molecule has 3 nitrogen and oxygen atoms in total. The Hall–Kier alpha value is -1.17. The third-order valence-corrected chi connectivity index (χ3v) is 4.87. The van der Waals surface area contributed by atoms with Crippen LogP contribution in [0.4, 0.5) is 5.82 Å². The van der Waals surface area contributed by atoms with Gasteiger partial charge in [-0.1, -0.05) is 31.2 Å². The van der Waals surface area contributed by atoms with Gasteiger partial charge in [-0.2, -0.15) is 0 Å². The third kappa shape index (κ3) is 3.20. The van der Waals surface area contributed by atoms with Crippen LogP contribution >= 0.6 is 22.6 Å². The van der Waals surface area contributed by atoms with Crippen molar-refractivity contribution < 1.29 is 0 Å². The van der Waals surface area contributed by atoms with Crippen LogP contribution in [-0.4, -0.2) is 16.5 Å². The average Bonchev–Trinajstić information content (AvgIpc) is 3.34. The maximum Gasteiger partial charge on any atom is 0.161 e. The Morgan fingerprint density at radius 2 is 1.86 bits per heavy atom. The second-order valence-corrected chi connectivity index (χ2v) is 6.53. The van der Waals surface area contributed by atoms with Gasteiger partial charge >= 0.3 is 0 Å². The van der Waals surface area contributed by atoms with E-state index in [9.17, 15) is 0 Å². The Kier molecular flexibility index (Phi) is 4.42. The van der Waals surface area contributed by atoms with Crippen molar-refractivity contribution in [3.05, 3.63) is 39.1 Å². The van der Waals surface area contributed by atoms with E-state index in [1.54, 1.807) is 0 Å². The Morgan fingerprint density at radius 3 is 2.43 bits per heavy atom. The van der Waals surface area contributed by atoms with Crippen molar-refractivity contribution in [2.24, 2.45) is 0 Å². The molecule has 21 heavy (non-hydrogen) atoms. The van der Waals surface area contributed by atoms with E-state index in [0.29, 0.717) is 5.92 Å². The summed E-state index contributed by atoms with van der Waals surface area (Å²) >= 11 is 2.38. The number of nitrogens with one attached hydrogen (secondary N) is 1. The minimum absolute atomic E-state index is 0.631. The van der Waals surface area contributed by atoms with Crippen LogP contribution in [0.3, 0.4) is 0 Å². The monoisotopic (exact) mass is 393 g/mol. The topological polar surface area (TPSA) is 37.8 Å². The van der Waals surface area contributed by atoms with Gasteiger partial charge in [-0.15, -0.1) is 0 Å². The van der Waals surface area contributed by atoms with Gasteiger partial charge in [0.15, 0.2) is 5.82 Å². The van der Waals surface area contributed by atoms with Crippen LogP contribution in [0, 0.1) is 3.57 Å². The number of benzene rings is 1. The van der Waals surface area contributed by atoms with Crippen LogP contribution in [0.1, 0.15) is 43.9 Å². The SMILES string of the molecule is CCNc1nc(-c2ccc(CC)cc2)nc(C2CC2)c1I. The average molecular weight is 393 g/mol. The number of anilines is 1. The molecule has 0 atom stereocenters. The summed E-state index contributed by atoms with van der Waals surface area (Å²) in [6.07, 6.45) is 3.57. The van der Waals surface area contributed by atoms with Crippen LogP contribution in [0.5, 0.6) is 0 Å². The van der Waals surface area contributed by atoms with E-state index < -0.39 is 0 Å². The zero-order valence-electron chi connectivity index (χ0n) is 12.5. The van der Waals surface area contributed by atoms with Crippen molar-refractivity contribution in [2.45, 2.75) is 39.0 Å². The second kappa shape index (κ2) is 6.30. The second-order valence-electron chi connectivity index (χ2n) is 5.45. The lowest BCUT2D eigenvalue weighted by Gasteiger charge is -2.12. The van der Waals surface area contributed by atoms with E-state index in [1.165, 1.54) is 27.7 Å². The van der Waals surface area contributed by atoms with Gasteiger partial charge in [0.05, 0.1) is 9.26 Å². The predicted octanol–water partition coefficient (Wildman–Crippen LogP) is 4.62. The van der Waals surface area contributed by atoms with E-state index >= 15 is 0 Å². The Morgan fingerprint density at radius 1 is 1.14 bits per heavy atom. The number of hydrogen-bond donors (Lipinski definition) is 1. The molecule has 1 aliphatic carbocycles. The molecule has 1 aliphatic rings. The largest absolute Gasteiger partial charge is 0.369 e. The first-order valence-electron chi connectivity index (χ1n) is 7.63. The summed E-state index contributed by atoms with van der Waals surface area (Å²) in [6.45, 7) is 5.15. The zero-order valence-corrected chi connectivity index (χ0v) is 14.6. The van der Waals surface area contributed by atoms with Gasteiger partial charge in [0.25, 0.3) is 0 Å².